The Hall–Kier alpha value is -2.29. The summed E-state index contributed by atoms with van der Waals surface area (Å²) < 4.78 is 0.919. The van der Waals surface area contributed by atoms with Crippen LogP contribution in [-0.4, -0.2) is 0 Å². The van der Waals surface area contributed by atoms with Crippen LogP contribution < -0.4 is 5.32 Å². The van der Waals surface area contributed by atoms with Gasteiger partial charge in [0.1, 0.15) is 23.9 Å². The Morgan fingerprint density at radius 2 is 1.89 bits per heavy atom. The van der Waals surface area contributed by atoms with Gasteiger partial charge in [-0.25, -0.2) is 0 Å². The first-order valence-electron chi connectivity index (χ1n) is 5.16. The molecule has 0 aromatic heterocycles. The second-order valence-corrected chi connectivity index (χ2v) is 4.22. The monoisotopic (exact) mass is 300 g/mol. The van der Waals surface area contributed by atoms with Crippen LogP contribution in [0.3, 0.4) is 0 Å². The molecule has 4 nitrogen and oxygen atoms in total. The minimum absolute atomic E-state index is 0.0452. The van der Waals surface area contributed by atoms with Crippen molar-refractivity contribution in [3.05, 3.63) is 39.5 Å². The molecule has 0 saturated carbocycles. The van der Waals surface area contributed by atoms with Crippen LogP contribution in [-0.2, 0) is 6.42 Å². The van der Waals surface area contributed by atoms with Crippen molar-refractivity contribution in [2.45, 2.75) is 13.3 Å². The second-order valence-electron chi connectivity index (χ2n) is 3.37. The molecule has 0 atom stereocenters. The Morgan fingerprint density at radius 3 is 2.33 bits per heavy atom. The number of halogens is 1. The number of benzene rings is 1. The molecule has 0 aliphatic heterocycles. The summed E-state index contributed by atoms with van der Waals surface area (Å²) in [6, 6.07) is 10.7. The van der Waals surface area contributed by atoms with Crippen LogP contribution in [0, 0.1) is 34.0 Å². The number of anilines is 1. The smallest absolute Gasteiger partial charge is 0.163 e. The fourth-order valence-corrected chi connectivity index (χ4v) is 2.00. The lowest BCUT2D eigenvalue weighted by molar-refractivity contribution is 1.13. The van der Waals surface area contributed by atoms with Gasteiger partial charge in [-0.2, -0.15) is 15.8 Å². The van der Waals surface area contributed by atoms with Crippen molar-refractivity contribution in [3.63, 3.8) is 0 Å². The Morgan fingerprint density at radius 1 is 1.22 bits per heavy atom. The molecule has 1 aromatic rings. The summed E-state index contributed by atoms with van der Waals surface area (Å²) in [5, 5.41) is 29.1. The maximum absolute atomic E-state index is 8.91. The molecule has 1 N–H and O–H groups in total. The molecule has 0 fully saturated rings. The Kier molecular flexibility index (Phi) is 4.93. The van der Waals surface area contributed by atoms with Gasteiger partial charge in [0.05, 0.1) is 0 Å². The van der Waals surface area contributed by atoms with E-state index in [4.69, 9.17) is 15.8 Å². The molecule has 0 amide bonds. The van der Waals surface area contributed by atoms with Gasteiger partial charge < -0.3 is 5.32 Å². The first-order chi connectivity index (χ1) is 8.65. The lowest BCUT2D eigenvalue weighted by Crippen LogP contribution is -2.01. The summed E-state index contributed by atoms with van der Waals surface area (Å²) >= 11 is 3.42. The third-order valence-electron chi connectivity index (χ3n) is 2.29. The van der Waals surface area contributed by atoms with Gasteiger partial charge in [-0.1, -0.05) is 28.9 Å². The fraction of sp³-hybridized carbons (Fsp3) is 0.154. The molecule has 18 heavy (non-hydrogen) atoms. The third kappa shape index (κ3) is 3.10. The highest BCUT2D eigenvalue weighted by Gasteiger charge is 2.07. The minimum atomic E-state index is -0.229. The van der Waals surface area contributed by atoms with E-state index in [0.717, 1.165) is 16.5 Å². The number of aryl methyl sites for hydroxylation is 1. The van der Waals surface area contributed by atoms with Gasteiger partial charge in [0, 0.05) is 10.2 Å². The molecular formula is C13H9BrN4. The van der Waals surface area contributed by atoms with E-state index in [9.17, 15) is 0 Å². The molecule has 0 bridgehead atoms. The zero-order valence-electron chi connectivity index (χ0n) is 9.66. The van der Waals surface area contributed by atoms with Gasteiger partial charge >= 0.3 is 0 Å². The zero-order valence-corrected chi connectivity index (χ0v) is 11.2. The van der Waals surface area contributed by atoms with Gasteiger partial charge in [-0.3, -0.25) is 0 Å². The normalized spacial score (nSPS) is 8.61. The van der Waals surface area contributed by atoms with Crippen molar-refractivity contribution in [1.82, 2.24) is 0 Å². The molecule has 88 valence electrons. The van der Waals surface area contributed by atoms with Crippen LogP contribution in [0.25, 0.3) is 0 Å². The van der Waals surface area contributed by atoms with Crippen LogP contribution >= 0.6 is 15.9 Å². The Labute approximate surface area is 114 Å². The van der Waals surface area contributed by atoms with E-state index in [1.54, 1.807) is 18.2 Å². The average Bonchev–Trinajstić information content (AvgIpc) is 2.39. The van der Waals surface area contributed by atoms with E-state index < -0.39 is 0 Å². The molecule has 1 rings (SSSR count). The molecular weight excluding hydrogens is 292 g/mol. The van der Waals surface area contributed by atoms with Gasteiger partial charge in [-0.05, 0) is 24.1 Å². The van der Waals surface area contributed by atoms with E-state index in [2.05, 4.69) is 21.2 Å². The quantitative estimate of drug-likeness (QED) is 0.869. The van der Waals surface area contributed by atoms with Crippen LogP contribution in [0.5, 0.6) is 0 Å². The second kappa shape index (κ2) is 6.45. The molecule has 5 heteroatoms. The summed E-state index contributed by atoms with van der Waals surface area (Å²) in [5.74, 6) is 0. The number of nitriles is 3. The predicted molar refractivity (Wildman–Crippen MR) is 71.0 cm³/mol. The summed E-state index contributed by atoms with van der Waals surface area (Å²) in [6.07, 6.45) is 0.892. The molecule has 0 aliphatic carbocycles. The number of nitrogens with one attached hydrogen (secondary N) is 1. The Balaban J connectivity index is 3.10. The summed E-state index contributed by atoms with van der Waals surface area (Å²) in [5.41, 5.74) is 1.52. The highest BCUT2D eigenvalue weighted by molar-refractivity contribution is 9.10. The van der Waals surface area contributed by atoms with E-state index in [0.29, 0.717) is 5.69 Å². The van der Waals surface area contributed by atoms with Gasteiger partial charge in [-0.15, -0.1) is 0 Å². The standard InChI is InChI=1S/C13H9BrN4/c1-2-9-3-4-11(5-12(9)14)18-13(8-17)10(6-15)7-16/h3-5,18H,2H2,1H3. The maximum Gasteiger partial charge on any atom is 0.163 e. The van der Waals surface area contributed by atoms with E-state index in [-0.39, 0.29) is 11.3 Å². The summed E-state index contributed by atoms with van der Waals surface area (Å²) in [4.78, 5) is 0. The van der Waals surface area contributed by atoms with Crippen molar-refractivity contribution in [2.75, 3.05) is 5.32 Å². The number of rotatable bonds is 3. The van der Waals surface area contributed by atoms with Crippen LogP contribution in [0.4, 0.5) is 5.69 Å². The molecule has 0 radical (unpaired) electrons. The van der Waals surface area contributed by atoms with E-state index in [1.165, 1.54) is 0 Å². The first-order valence-corrected chi connectivity index (χ1v) is 5.95. The molecule has 0 saturated heterocycles. The number of allylic oxidation sites excluding steroid dienone is 2. The topological polar surface area (TPSA) is 83.4 Å². The van der Waals surface area contributed by atoms with Crippen molar-refractivity contribution in [3.8, 4) is 18.2 Å². The van der Waals surface area contributed by atoms with Crippen LogP contribution in [0.15, 0.2) is 33.9 Å². The minimum Gasteiger partial charge on any atom is -0.345 e. The van der Waals surface area contributed by atoms with Gasteiger partial charge in [0.15, 0.2) is 5.57 Å². The van der Waals surface area contributed by atoms with Crippen molar-refractivity contribution >= 4 is 21.6 Å². The van der Waals surface area contributed by atoms with Crippen molar-refractivity contribution in [1.29, 1.82) is 15.8 Å². The molecule has 0 heterocycles. The molecule has 0 unspecified atom stereocenters. The maximum atomic E-state index is 8.91. The lowest BCUT2D eigenvalue weighted by atomic mass is 10.1. The molecule has 1 aromatic carbocycles. The number of nitrogens with zero attached hydrogens (tertiary/aromatic N) is 3. The van der Waals surface area contributed by atoms with Crippen LogP contribution in [0.2, 0.25) is 0 Å². The van der Waals surface area contributed by atoms with Crippen LogP contribution in [0.1, 0.15) is 12.5 Å². The van der Waals surface area contributed by atoms with Crippen molar-refractivity contribution < 1.29 is 0 Å². The van der Waals surface area contributed by atoms with Crippen molar-refractivity contribution in [2.24, 2.45) is 0 Å². The zero-order chi connectivity index (χ0) is 13.5. The highest BCUT2D eigenvalue weighted by atomic mass is 79.9. The van der Waals surface area contributed by atoms with Gasteiger partial charge in [0.25, 0.3) is 0 Å². The first kappa shape index (κ1) is 13.8. The van der Waals surface area contributed by atoms with E-state index in [1.807, 2.05) is 25.1 Å². The summed E-state index contributed by atoms with van der Waals surface area (Å²) in [6.45, 7) is 2.04. The fourth-order valence-electron chi connectivity index (χ4n) is 1.34. The predicted octanol–water partition coefficient (Wildman–Crippen LogP) is 3.25. The SMILES string of the molecule is CCc1ccc(NC(C#N)=C(C#N)C#N)cc1Br. The molecule has 0 aliphatic rings. The average molecular weight is 301 g/mol. The lowest BCUT2D eigenvalue weighted by Gasteiger charge is -2.07. The number of hydrogen-bond acceptors (Lipinski definition) is 4. The third-order valence-corrected chi connectivity index (χ3v) is 3.03. The number of hydrogen-bond donors (Lipinski definition) is 1. The summed E-state index contributed by atoms with van der Waals surface area (Å²) in [7, 11) is 0. The molecule has 0 spiro atoms. The highest BCUT2D eigenvalue weighted by Crippen LogP contribution is 2.23. The van der Waals surface area contributed by atoms with Gasteiger partial charge in [0.2, 0.25) is 0 Å². The largest absolute Gasteiger partial charge is 0.345 e. The Bertz CT molecular complexity index is 595. The van der Waals surface area contributed by atoms with E-state index >= 15 is 0 Å².